The van der Waals surface area contributed by atoms with E-state index in [1.807, 2.05) is 42.2 Å². The van der Waals surface area contributed by atoms with E-state index in [4.69, 9.17) is 10.5 Å². The van der Waals surface area contributed by atoms with Crippen molar-refractivity contribution in [2.75, 3.05) is 32.8 Å². The highest BCUT2D eigenvalue weighted by Gasteiger charge is 2.27. The molecule has 1 atom stereocenters. The second kappa shape index (κ2) is 11.8. The number of hydrogen-bond acceptors (Lipinski definition) is 4. The summed E-state index contributed by atoms with van der Waals surface area (Å²) in [5, 5.41) is 2.96. The minimum absolute atomic E-state index is 0. The van der Waals surface area contributed by atoms with Gasteiger partial charge in [-0.1, -0.05) is 25.1 Å². The summed E-state index contributed by atoms with van der Waals surface area (Å²) in [6.45, 7) is 4.84. The molecule has 0 bridgehead atoms. The second-order valence-electron chi connectivity index (χ2n) is 6.65. The van der Waals surface area contributed by atoms with E-state index in [-0.39, 0.29) is 36.1 Å². The monoisotopic (exact) mass is 383 g/mol. The number of para-hydroxylation sites is 1. The fourth-order valence-corrected chi connectivity index (χ4v) is 2.82. The van der Waals surface area contributed by atoms with Crippen LogP contribution in [0.5, 0.6) is 5.75 Å². The maximum absolute atomic E-state index is 12.3. The second-order valence-corrected chi connectivity index (χ2v) is 6.65. The molecule has 1 aromatic rings. The summed E-state index contributed by atoms with van der Waals surface area (Å²) in [5.74, 6) is 1.23. The van der Waals surface area contributed by atoms with E-state index in [0.29, 0.717) is 52.0 Å². The van der Waals surface area contributed by atoms with Crippen molar-refractivity contribution in [3.63, 3.8) is 0 Å². The van der Waals surface area contributed by atoms with Crippen LogP contribution >= 0.6 is 12.4 Å². The zero-order valence-electron chi connectivity index (χ0n) is 15.4. The van der Waals surface area contributed by atoms with E-state index in [2.05, 4.69) is 5.32 Å². The van der Waals surface area contributed by atoms with E-state index < -0.39 is 0 Å². The van der Waals surface area contributed by atoms with Gasteiger partial charge in [-0.05, 0) is 37.4 Å². The van der Waals surface area contributed by atoms with Crippen molar-refractivity contribution >= 4 is 24.2 Å². The maximum Gasteiger partial charge on any atom is 0.225 e. The zero-order valence-corrected chi connectivity index (χ0v) is 16.2. The van der Waals surface area contributed by atoms with Gasteiger partial charge < -0.3 is 20.7 Å². The van der Waals surface area contributed by atoms with Gasteiger partial charge in [-0.2, -0.15) is 0 Å². The molecular weight excluding hydrogens is 354 g/mol. The number of halogens is 1. The number of likely N-dealkylation sites (tertiary alicyclic amines) is 1. The third-order valence-electron chi connectivity index (χ3n) is 4.57. The summed E-state index contributed by atoms with van der Waals surface area (Å²) in [5.41, 5.74) is 5.56. The summed E-state index contributed by atoms with van der Waals surface area (Å²) in [7, 11) is 0. The average Bonchev–Trinajstić information content (AvgIpc) is 2.66. The molecule has 1 saturated heterocycles. The predicted octanol–water partition coefficient (Wildman–Crippen LogP) is 1.83. The molecule has 2 amide bonds. The van der Waals surface area contributed by atoms with Crippen LogP contribution in [-0.2, 0) is 9.59 Å². The number of nitrogens with two attached hydrogens (primary N) is 1. The molecule has 26 heavy (non-hydrogen) atoms. The normalized spacial score (nSPS) is 15.7. The third kappa shape index (κ3) is 7.22. The van der Waals surface area contributed by atoms with Gasteiger partial charge in [-0.25, -0.2) is 0 Å². The van der Waals surface area contributed by atoms with Gasteiger partial charge in [0.1, 0.15) is 5.75 Å². The van der Waals surface area contributed by atoms with E-state index in [0.717, 1.165) is 5.75 Å². The fraction of sp³-hybridized carbons (Fsp3) is 0.579. The molecule has 2 rings (SSSR count). The molecule has 3 N–H and O–H groups in total. The maximum atomic E-state index is 12.3. The van der Waals surface area contributed by atoms with Crippen molar-refractivity contribution < 1.29 is 14.3 Å². The van der Waals surface area contributed by atoms with Crippen LogP contribution in [0, 0.1) is 11.8 Å². The number of benzene rings is 1. The van der Waals surface area contributed by atoms with E-state index in [1.54, 1.807) is 0 Å². The fourth-order valence-electron chi connectivity index (χ4n) is 2.82. The Bertz CT molecular complexity index is 548. The molecule has 1 aliphatic heterocycles. The summed E-state index contributed by atoms with van der Waals surface area (Å²) in [6.07, 6.45) is 1.79. The number of rotatable bonds is 8. The Labute approximate surface area is 161 Å². The van der Waals surface area contributed by atoms with Gasteiger partial charge in [0.2, 0.25) is 11.8 Å². The van der Waals surface area contributed by atoms with E-state index in [9.17, 15) is 9.59 Å². The van der Waals surface area contributed by atoms with Gasteiger partial charge in [0.05, 0.1) is 13.0 Å². The van der Waals surface area contributed by atoms with Crippen LogP contribution < -0.4 is 15.8 Å². The molecule has 7 heteroatoms. The van der Waals surface area contributed by atoms with Crippen molar-refractivity contribution in [2.45, 2.75) is 26.2 Å². The number of ether oxygens (including phenoxy) is 1. The lowest BCUT2D eigenvalue weighted by Crippen LogP contribution is -2.44. The summed E-state index contributed by atoms with van der Waals surface area (Å²) < 4.78 is 5.57. The van der Waals surface area contributed by atoms with Gasteiger partial charge in [-0.15, -0.1) is 12.4 Å². The Morgan fingerprint density at radius 1 is 1.27 bits per heavy atom. The molecule has 0 aromatic heterocycles. The van der Waals surface area contributed by atoms with Crippen LogP contribution in [0.4, 0.5) is 0 Å². The first kappa shape index (κ1) is 22.3. The van der Waals surface area contributed by atoms with Crippen LogP contribution in [0.2, 0.25) is 0 Å². The average molecular weight is 384 g/mol. The first-order chi connectivity index (χ1) is 12.1. The van der Waals surface area contributed by atoms with Crippen LogP contribution in [0.25, 0.3) is 0 Å². The lowest BCUT2D eigenvalue weighted by molar-refractivity contribution is -0.136. The van der Waals surface area contributed by atoms with Crippen LogP contribution in [0.1, 0.15) is 26.2 Å². The van der Waals surface area contributed by atoms with Crippen LogP contribution in [-0.4, -0.2) is 49.5 Å². The van der Waals surface area contributed by atoms with Gasteiger partial charge in [0.25, 0.3) is 0 Å². The number of carbonyl (C=O) groups is 2. The molecule has 0 radical (unpaired) electrons. The van der Waals surface area contributed by atoms with Crippen molar-refractivity contribution in [3.8, 4) is 5.75 Å². The molecular formula is C19H30ClN3O3. The van der Waals surface area contributed by atoms with Gasteiger partial charge in [-0.3, -0.25) is 9.59 Å². The zero-order chi connectivity index (χ0) is 18.1. The lowest BCUT2D eigenvalue weighted by atomic mass is 9.95. The van der Waals surface area contributed by atoms with Gasteiger partial charge in [0, 0.05) is 25.6 Å². The Kier molecular flexibility index (Phi) is 10.1. The van der Waals surface area contributed by atoms with E-state index in [1.165, 1.54) is 0 Å². The number of nitrogens with zero attached hydrogens (tertiary/aromatic N) is 1. The Morgan fingerprint density at radius 3 is 2.54 bits per heavy atom. The van der Waals surface area contributed by atoms with Crippen molar-refractivity contribution in [2.24, 2.45) is 17.6 Å². The molecule has 1 heterocycles. The Morgan fingerprint density at radius 2 is 1.92 bits per heavy atom. The minimum Gasteiger partial charge on any atom is -0.493 e. The highest BCUT2D eigenvalue weighted by molar-refractivity contribution is 5.85. The SMILES string of the molecule is CC(CN)CNC(=O)C1CCN(C(=O)CCOc2ccccc2)CC1.Cl. The number of carbonyl (C=O) groups excluding carboxylic acids is 2. The van der Waals surface area contributed by atoms with Crippen molar-refractivity contribution in [1.82, 2.24) is 10.2 Å². The number of hydrogen-bond donors (Lipinski definition) is 2. The highest BCUT2D eigenvalue weighted by atomic mass is 35.5. The topological polar surface area (TPSA) is 84.7 Å². The van der Waals surface area contributed by atoms with Crippen LogP contribution in [0.3, 0.4) is 0 Å². The number of amides is 2. The molecule has 146 valence electrons. The first-order valence-corrected chi connectivity index (χ1v) is 9.03. The Balaban J connectivity index is 0.00000338. The predicted molar refractivity (Wildman–Crippen MR) is 104 cm³/mol. The molecule has 0 aliphatic carbocycles. The quantitative estimate of drug-likeness (QED) is 0.717. The molecule has 1 unspecified atom stereocenters. The molecule has 6 nitrogen and oxygen atoms in total. The number of piperidine rings is 1. The van der Waals surface area contributed by atoms with Gasteiger partial charge in [0.15, 0.2) is 0 Å². The largest absolute Gasteiger partial charge is 0.493 e. The summed E-state index contributed by atoms with van der Waals surface area (Å²) in [6, 6.07) is 9.48. The first-order valence-electron chi connectivity index (χ1n) is 9.03. The van der Waals surface area contributed by atoms with Crippen molar-refractivity contribution in [3.05, 3.63) is 30.3 Å². The highest BCUT2D eigenvalue weighted by Crippen LogP contribution is 2.18. The molecule has 1 aromatic carbocycles. The smallest absolute Gasteiger partial charge is 0.225 e. The van der Waals surface area contributed by atoms with E-state index >= 15 is 0 Å². The molecule has 1 fully saturated rings. The van der Waals surface area contributed by atoms with Crippen molar-refractivity contribution in [1.29, 1.82) is 0 Å². The standard InChI is InChI=1S/C19H29N3O3.ClH/c1-15(13-20)14-21-19(24)16-7-10-22(11-8-16)18(23)9-12-25-17-5-3-2-4-6-17;/h2-6,15-16H,7-14,20H2,1H3,(H,21,24);1H. The molecule has 0 spiro atoms. The number of nitrogens with one attached hydrogen (secondary N) is 1. The molecule has 1 aliphatic rings. The minimum atomic E-state index is -0.00501. The molecule has 0 saturated carbocycles. The summed E-state index contributed by atoms with van der Waals surface area (Å²) in [4.78, 5) is 26.2. The lowest BCUT2D eigenvalue weighted by Gasteiger charge is -2.31. The van der Waals surface area contributed by atoms with Crippen LogP contribution in [0.15, 0.2) is 30.3 Å². The summed E-state index contributed by atoms with van der Waals surface area (Å²) >= 11 is 0. The Hall–Kier alpha value is -1.79. The third-order valence-corrected chi connectivity index (χ3v) is 4.57. The van der Waals surface area contributed by atoms with Gasteiger partial charge >= 0.3 is 0 Å².